The molecule has 38 heavy (non-hydrogen) atoms. The van der Waals surface area contributed by atoms with Crippen LogP contribution in [0.3, 0.4) is 0 Å². The fraction of sp³-hybridized carbons (Fsp3) is 0.0333. The molecule has 0 aliphatic carbocycles. The van der Waals surface area contributed by atoms with Gasteiger partial charge in [-0.05, 0) is 48.5 Å². The molecule has 5 rings (SSSR count). The summed E-state index contributed by atoms with van der Waals surface area (Å²) in [5.41, 5.74) is 3.12. The van der Waals surface area contributed by atoms with Crippen molar-refractivity contribution in [3.05, 3.63) is 121 Å². The van der Waals surface area contributed by atoms with E-state index in [0.717, 1.165) is 34.3 Å². The zero-order chi connectivity index (χ0) is 26.4. The first kappa shape index (κ1) is 27.4. The number of hydrogen-bond acceptors (Lipinski definition) is 5. The molecule has 4 aromatic carbocycles. The Morgan fingerprint density at radius 1 is 0.632 bits per heavy atom. The Labute approximate surface area is 236 Å². The van der Waals surface area contributed by atoms with Crippen LogP contribution in [0.15, 0.2) is 136 Å². The van der Waals surface area contributed by atoms with Crippen LogP contribution in [0.5, 0.6) is 23.0 Å². The molecule has 0 spiro atoms. The number of halogens is 2. The molecule has 5 nitrogen and oxygen atoms in total. The molecule has 8 heteroatoms. The van der Waals surface area contributed by atoms with Crippen LogP contribution in [0.1, 0.15) is 6.42 Å². The maximum atomic E-state index is 5.99. The molecule has 0 saturated heterocycles. The van der Waals surface area contributed by atoms with Crippen LogP contribution >= 0.6 is 20.2 Å². The average molecular weight is 584 g/mol. The van der Waals surface area contributed by atoms with E-state index < -0.39 is 0 Å². The maximum absolute atomic E-state index is 5.99. The van der Waals surface area contributed by atoms with Gasteiger partial charge < -0.3 is 9.47 Å². The molecule has 0 saturated carbocycles. The third-order valence-corrected chi connectivity index (χ3v) is 5.15. The second kappa shape index (κ2) is 14.9. The Morgan fingerprint density at radius 3 is 1.61 bits per heavy atom. The van der Waals surface area contributed by atoms with Gasteiger partial charge in [0.05, 0.1) is 17.6 Å². The summed E-state index contributed by atoms with van der Waals surface area (Å²) >= 11 is 0.194. The third-order valence-electron chi connectivity index (χ3n) is 5.15. The van der Waals surface area contributed by atoms with Crippen LogP contribution in [0.4, 0.5) is 11.4 Å². The number of hydrogen-bond donors (Lipinski definition) is 0. The minimum absolute atomic E-state index is 0.194. The van der Waals surface area contributed by atoms with E-state index in [9.17, 15) is 0 Å². The van der Waals surface area contributed by atoms with Crippen molar-refractivity contribution in [3.63, 3.8) is 0 Å². The van der Waals surface area contributed by atoms with Crippen molar-refractivity contribution in [2.75, 3.05) is 0 Å². The standard InChI is InChI=1S/C30H23N3O2.2ClH.Fe/c1-3-11-25(12-4-1)34-29-17-9-7-15-27(29)31-21-23-19-20-24(33-23)22-32-28-16-8-10-18-30(28)35-26-13-5-2-6-14-26;;;/h1-19,21-22H,20H2;2*1H;/q;;;+2/p-2. The number of aliphatic imine (C=N–C) groups is 3. The fourth-order valence-electron chi connectivity index (χ4n) is 3.44. The van der Waals surface area contributed by atoms with Gasteiger partial charge in [-0.3, -0.25) is 15.0 Å². The predicted octanol–water partition coefficient (Wildman–Crippen LogP) is 9.48. The van der Waals surface area contributed by atoms with Crippen molar-refractivity contribution in [2.24, 2.45) is 15.0 Å². The molecule has 1 aliphatic rings. The van der Waals surface area contributed by atoms with Crippen molar-refractivity contribution in [1.82, 2.24) is 0 Å². The normalized spacial score (nSPS) is 12.7. The van der Waals surface area contributed by atoms with Gasteiger partial charge in [0.1, 0.15) is 22.9 Å². The fourth-order valence-corrected chi connectivity index (χ4v) is 3.44. The Kier molecular flexibility index (Phi) is 10.7. The molecule has 4 aromatic rings. The monoisotopic (exact) mass is 583 g/mol. The van der Waals surface area contributed by atoms with E-state index in [4.69, 9.17) is 29.7 Å². The molecule has 0 bridgehead atoms. The van der Waals surface area contributed by atoms with E-state index in [0.29, 0.717) is 17.9 Å². The first-order chi connectivity index (χ1) is 18.7. The Bertz CT molecular complexity index is 1440. The molecular weight excluding hydrogens is 561 g/mol. The molecule has 0 radical (unpaired) electrons. The van der Waals surface area contributed by atoms with Crippen molar-refractivity contribution < 1.29 is 22.6 Å². The molecule has 192 valence electrons. The van der Waals surface area contributed by atoms with E-state index in [2.05, 4.69) is 15.0 Å². The van der Waals surface area contributed by atoms with Gasteiger partial charge in [0.15, 0.2) is 11.5 Å². The van der Waals surface area contributed by atoms with Crippen LogP contribution in [0.2, 0.25) is 0 Å². The number of nitrogens with zero attached hydrogens (tertiary/aromatic N) is 3. The number of ether oxygens (including phenoxy) is 2. The Hall–Kier alpha value is -3.67. The van der Waals surface area contributed by atoms with E-state index in [1.165, 1.54) is 0 Å². The molecule has 0 N–H and O–H groups in total. The van der Waals surface area contributed by atoms with Gasteiger partial charge in [-0.2, -0.15) is 0 Å². The van der Waals surface area contributed by atoms with E-state index in [-0.39, 0.29) is 13.1 Å². The predicted molar refractivity (Wildman–Crippen MR) is 154 cm³/mol. The van der Waals surface area contributed by atoms with Crippen LogP contribution in [0, 0.1) is 0 Å². The molecule has 0 fully saturated rings. The third kappa shape index (κ3) is 8.44. The Balaban J connectivity index is 0.00000107. The SMILES string of the molecule is C(=Nc1ccccc1Oc1ccccc1)C1=CCC(C=Nc2ccccc2Oc2ccccc2)=N1.[Cl][Fe][Cl]. The van der Waals surface area contributed by atoms with Gasteiger partial charge in [0, 0.05) is 12.6 Å². The second-order valence-electron chi connectivity index (χ2n) is 7.77. The summed E-state index contributed by atoms with van der Waals surface area (Å²) in [5.74, 6) is 2.92. The van der Waals surface area contributed by atoms with Gasteiger partial charge in [-0.25, -0.2) is 0 Å². The van der Waals surface area contributed by atoms with E-state index in [1.807, 2.05) is 115 Å². The van der Waals surface area contributed by atoms with Crippen LogP contribution in [0.25, 0.3) is 0 Å². The molecule has 0 amide bonds. The number of benzene rings is 4. The molecule has 1 aliphatic heterocycles. The van der Waals surface area contributed by atoms with Gasteiger partial charge in [-0.1, -0.05) is 66.7 Å². The van der Waals surface area contributed by atoms with Crippen molar-refractivity contribution >= 4 is 49.7 Å². The van der Waals surface area contributed by atoms with Gasteiger partial charge in [0.2, 0.25) is 0 Å². The average Bonchev–Trinajstić information content (AvgIpc) is 3.41. The summed E-state index contributed by atoms with van der Waals surface area (Å²) in [5, 5.41) is 0. The zero-order valence-electron chi connectivity index (χ0n) is 20.1. The van der Waals surface area contributed by atoms with Crippen LogP contribution < -0.4 is 9.47 Å². The van der Waals surface area contributed by atoms with E-state index in [1.54, 1.807) is 12.4 Å². The topological polar surface area (TPSA) is 55.5 Å². The van der Waals surface area contributed by atoms with Gasteiger partial charge >= 0.3 is 33.3 Å². The molecule has 1 heterocycles. The molecule has 0 aromatic heterocycles. The van der Waals surface area contributed by atoms with Gasteiger partial charge in [-0.15, -0.1) is 0 Å². The summed E-state index contributed by atoms with van der Waals surface area (Å²) in [6.07, 6.45) is 6.24. The quantitative estimate of drug-likeness (QED) is 0.153. The van der Waals surface area contributed by atoms with Crippen molar-refractivity contribution in [3.8, 4) is 23.0 Å². The van der Waals surface area contributed by atoms with Crippen LogP contribution in [-0.2, 0) is 13.1 Å². The van der Waals surface area contributed by atoms with Gasteiger partial charge in [0.25, 0.3) is 0 Å². The van der Waals surface area contributed by atoms with Crippen LogP contribution in [-0.4, -0.2) is 18.1 Å². The summed E-state index contributed by atoms with van der Waals surface area (Å²) in [4.78, 5) is 13.9. The minimum atomic E-state index is 0.194. The first-order valence-electron chi connectivity index (χ1n) is 11.6. The molecule has 0 atom stereocenters. The van der Waals surface area contributed by atoms with Crippen molar-refractivity contribution in [1.29, 1.82) is 0 Å². The second-order valence-corrected chi connectivity index (χ2v) is 9.59. The summed E-state index contributed by atoms with van der Waals surface area (Å²) in [6, 6.07) is 34.7. The molecule has 0 unspecified atom stereocenters. The summed E-state index contributed by atoms with van der Waals surface area (Å²) < 4.78 is 12.0. The molecular formula is C30H23Cl2FeN3O2. The number of rotatable bonds is 8. The number of allylic oxidation sites excluding steroid dienone is 2. The van der Waals surface area contributed by atoms with E-state index >= 15 is 0 Å². The summed E-state index contributed by atoms with van der Waals surface area (Å²) in [7, 11) is 9.53. The number of para-hydroxylation sites is 6. The first-order valence-corrected chi connectivity index (χ1v) is 14.6. The summed E-state index contributed by atoms with van der Waals surface area (Å²) in [6.45, 7) is 0. The zero-order valence-corrected chi connectivity index (χ0v) is 22.7. The van der Waals surface area contributed by atoms with Crippen molar-refractivity contribution in [2.45, 2.75) is 6.42 Å². The Morgan fingerprint density at radius 2 is 1.08 bits per heavy atom.